The van der Waals surface area contributed by atoms with E-state index in [1.54, 1.807) is 0 Å². The second kappa shape index (κ2) is 4.75. The SMILES string of the molecule is CCOC1CC(Nc2cc(F)ccc2F)C12CCC2. The van der Waals surface area contributed by atoms with Gasteiger partial charge in [0.25, 0.3) is 0 Å². The molecule has 19 heavy (non-hydrogen) atoms. The van der Waals surface area contributed by atoms with Gasteiger partial charge in [0, 0.05) is 18.1 Å². The Morgan fingerprint density at radius 3 is 2.79 bits per heavy atom. The van der Waals surface area contributed by atoms with E-state index < -0.39 is 11.6 Å². The maximum atomic E-state index is 13.6. The van der Waals surface area contributed by atoms with Gasteiger partial charge in [-0.25, -0.2) is 8.78 Å². The number of ether oxygens (including phenoxy) is 1. The summed E-state index contributed by atoms with van der Waals surface area (Å²) in [5, 5.41) is 3.17. The molecule has 1 N–H and O–H groups in total. The largest absolute Gasteiger partial charge is 0.379 e. The van der Waals surface area contributed by atoms with Crippen LogP contribution in [0.5, 0.6) is 0 Å². The lowest BCUT2D eigenvalue weighted by Gasteiger charge is -2.61. The predicted octanol–water partition coefficient (Wildman–Crippen LogP) is 3.72. The summed E-state index contributed by atoms with van der Waals surface area (Å²) in [5.74, 6) is -0.803. The van der Waals surface area contributed by atoms with Crippen LogP contribution in [0.1, 0.15) is 32.6 Å². The molecule has 0 bridgehead atoms. The number of halogens is 2. The van der Waals surface area contributed by atoms with Gasteiger partial charge < -0.3 is 10.1 Å². The smallest absolute Gasteiger partial charge is 0.146 e. The summed E-state index contributed by atoms with van der Waals surface area (Å²) in [4.78, 5) is 0. The number of hydrogen-bond donors (Lipinski definition) is 1. The van der Waals surface area contributed by atoms with Gasteiger partial charge in [-0.15, -0.1) is 0 Å². The van der Waals surface area contributed by atoms with Gasteiger partial charge in [-0.05, 0) is 44.4 Å². The molecule has 2 aliphatic carbocycles. The van der Waals surface area contributed by atoms with Crippen LogP contribution in [0.3, 0.4) is 0 Å². The Hall–Kier alpha value is -1.16. The first-order valence-corrected chi connectivity index (χ1v) is 6.99. The lowest BCUT2D eigenvalue weighted by atomic mass is 9.51. The van der Waals surface area contributed by atoms with E-state index in [0.717, 1.165) is 25.3 Å². The number of benzene rings is 1. The van der Waals surface area contributed by atoms with E-state index in [1.807, 2.05) is 6.92 Å². The molecule has 1 aromatic carbocycles. The molecule has 0 aromatic heterocycles. The van der Waals surface area contributed by atoms with E-state index in [2.05, 4.69) is 5.32 Å². The van der Waals surface area contributed by atoms with Crippen molar-refractivity contribution in [2.45, 2.75) is 44.8 Å². The number of anilines is 1. The molecule has 104 valence electrons. The van der Waals surface area contributed by atoms with Crippen LogP contribution in [0.2, 0.25) is 0 Å². The van der Waals surface area contributed by atoms with Gasteiger partial charge in [-0.3, -0.25) is 0 Å². The third-order valence-electron chi connectivity index (χ3n) is 4.70. The zero-order valence-electron chi connectivity index (χ0n) is 11.1. The summed E-state index contributed by atoms with van der Waals surface area (Å²) in [6, 6.07) is 3.75. The molecule has 0 saturated heterocycles. The Kier molecular flexibility index (Phi) is 3.21. The van der Waals surface area contributed by atoms with Gasteiger partial charge >= 0.3 is 0 Å². The second-order valence-electron chi connectivity index (χ2n) is 5.59. The molecule has 2 unspecified atom stereocenters. The van der Waals surface area contributed by atoms with E-state index in [0.29, 0.717) is 6.61 Å². The molecule has 2 fully saturated rings. The van der Waals surface area contributed by atoms with Crippen LogP contribution >= 0.6 is 0 Å². The van der Waals surface area contributed by atoms with Gasteiger partial charge in [-0.1, -0.05) is 6.42 Å². The van der Waals surface area contributed by atoms with Crippen LogP contribution < -0.4 is 5.32 Å². The minimum atomic E-state index is -0.410. The molecule has 0 aliphatic heterocycles. The van der Waals surface area contributed by atoms with Gasteiger partial charge in [-0.2, -0.15) is 0 Å². The van der Waals surface area contributed by atoms with Crippen LogP contribution in [-0.4, -0.2) is 18.8 Å². The maximum absolute atomic E-state index is 13.6. The van der Waals surface area contributed by atoms with Crippen LogP contribution in [0, 0.1) is 17.0 Å². The Balaban J connectivity index is 1.72. The van der Waals surface area contributed by atoms with Crippen LogP contribution in [0.15, 0.2) is 18.2 Å². The molecule has 4 heteroatoms. The van der Waals surface area contributed by atoms with E-state index in [1.165, 1.54) is 18.6 Å². The van der Waals surface area contributed by atoms with Crippen molar-refractivity contribution in [1.82, 2.24) is 0 Å². The van der Waals surface area contributed by atoms with E-state index in [4.69, 9.17) is 4.74 Å². The molecular formula is C15H19F2NO. The highest BCUT2D eigenvalue weighted by Crippen LogP contribution is 2.58. The summed E-state index contributed by atoms with van der Waals surface area (Å²) in [6.07, 6.45) is 4.59. The molecule has 0 heterocycles. The van der Waals surface area contributed by atoms with Gasteiger partial charge in [0.2, 0.25) is 0 Å². The van der Waals surface area contributed by atoms with E-state index in [9.17, 15) is 8.78 Å². The maximum Gasteiger partial charge on any atom is 0.146 e. The summed E-state index contributed by atoms with van der Waals surface area (Å²) in [6.45, 7) is 2.72. The van der Waals surface area contributed by atoms with Crippen molar-refractivity contribution in [3.63, 3.8) is 0 Å². The van der Waals surface area contributed by atoms with E-state index in [-0.39, 0.29) is 23.2 Å². The highest BCUT2D eigenvalue weighted by Gasteiger charge is 2.59. The van der Waals surface area contributed by atoms with Crippen LogP contribution in [-0.2, 0) is 4.74 Å². The first kappa shape index (κ1) is 12.9. The normalized spacial score (nSPS) is 27.7. The van der Waals surface area contributed by atoms with Crippen LogP contribution in [0.25, 0.3) is 0 Å². The summed E-state index contributed by atoms with van der Waals surface area (Å²) >= 11 is 0. The number of nitrogens with one attached hydrogen (secondary N) is 1. The average molecular weight is 267 g/mol. The van der Waals surface area contributed by atoms with Crippen molar-refractivity contribution >= 4 is 5.69 Å². The second-order valence-corrected chi connectivity index (χ2v) is 5.59. The monoisotopic (exact) mass is 267 g/mol. The highest BCUT2D eigenvalue weighted by atomic mass is 19.1. The highest BCUT2D eigenvalue weighted by molar-refractivity contribution is 5.47. The Morgan fingerprint density at radius 2 is 2.16 bits per heavy atom. The Morgan fingerprint density at radius 1 is 1.37 bits per heavy atom. The fourth-order valence-corrected chi connectivity index (χ4v) is 3.44. The minimum absolute atomic E-state index is 0.148. The first-order valence-electron chi connectivity index (χ1n) is 6.99. The molecule has 2 nitrogen and oxygen atoms in total. The zero-order valence-corrected chi connectivity index (χ0v) is 11.1. The number of rotatable bonds is 4. The topological polar surface area (TPSA) is 21.3 Å². The summed E-state index contributed by atoms with van der Waals surface area (Å²) in [5.41, 5.74) is 0.417. The molecule has 2 aliphatic rings. The molecule has 0 radical (unpaired) electrons. The van der Waals surface area contributed by atoms with Crippen molar-refractivity contribution < 1.29 is 13.5 Å². The van der Waals surface area contributed by atoms with Gasteiger partial charge in [0.15, 0.2) is 0 Å². The molecule has 2 saturated carbocycles. The molecule has 0 amide bonds. The molecule has 2 atom stereocenters. The fraction of sp³-hybridized carbons (Fsp3) is 0.600. The predicted molar refractivity (Wildman–Crippen MR) is 70.1 cm³/mol. The first-order chi connectivity index (χ1) is 9.15. The quantitative estimate of drug-likeness (QED) is 0.897. The molecular weight excluding hydrogens is 248 g/mol. The van der Waals surface area contributed by atoms with Crippen molar-refractivity contribution in [2.75, 3.05) is 11.9 Å². The fourth-order valence-electron chi connectivity index (χ4n) is 3.44. The van der Waals surface area contributed by atoms with Crippen LogP contribution in [0.4, 0.5) is 14.5 Å². The minimum Gasteiger partial charge on any atom is -0.379 e. The molecule has 1 aromatic rings. The van der Waals surface area contributed by atoms with Crippen molar-refractivity contribution in [2.24, 2.45) is 5.41 Å². The number of hydrogen-bond acceptors (Lipinski definition) is 2. The van der Waals surface area contributed by atoms with Gasteiger partial charge in [0.1, 0.15) is 11.6 Å². The lowest BCUT2D eigenvalue weighted by molar-refractivity contribution is -0.157. The molecule has 1 spiro atoms. The van der Waals surface area contributed by atoms with E-state index >= 15 is 0 Å². The lowest BCUT2D eigenvalue weighted by Crippen LogP contribution is -2.64. The third kappa shape index (κ3) is 2.02. The third-order valence-corrected chi connectivity index (χ3v) is 4.70. The molecule has 3 rings (SSSR count). The summed E-state index contributed by atoms with van der Waals surface area (Å²) in [7, 11) is 0. The van der Waals surface area contributed by atoms with Gasteiger partial charge in [0.05, 0.1) is 11.8 Å². The average Bonchev–Trinajstić information content (AvgIpc) is 2.30. The zero-order chi connectivity index (χ0) is 13.5. The summed E-state index contributed by atoms with van der Waals surface area (Å²) < 4.78 is 32.6. The Bertz CT molecular complexity index is 473. The standard InChI is InChI=1S/C15H19F2NO/c1-2-19-14-9-13(15(14)6-3-7-15)18-12-8-10(16)4-5-11(12)17/h4-5,8,13-14,18H,2-3,6-7,9H2,1H3. The Labute approximate surface area is 112 Å². The van der Waals surface area contributed by atoms with Crippen molar-refractivity contribution in [1.29, 1.82) is 0 Å². The van der Waals surface area contributed by atoms with Crippen molar-refractivity contribution in [3.05, 3.63) is 29.8 Å². The van der Waals surface area contributed by atoms with Crippen molar-refractivity contribution in [3.8, 4) is 0 Å².